The van der Waals surface area contributed by atoms with Crippen molar-refractivity contribution >= 4 is 33.1 Å². The van der Waals surface area contributed by atoms with Crippen LogP contribution in [0.4, 0.5) is 11.4 Å². The van der Waals surface area contributed by atoms with E-state index in [1.165, 1.54) is 0 Å². The molecule has 2 N–H and O–H groups in total. The van der Waals surface area contributed by atoms with Gasteiger partial charge in [0, 0.05) is 43.1 Å². The topological polar surface area (TPSA) is 94.1 Å². The number of hydrogen-bond acceptors (Lipinski definition) is 6. The lowest BCUT2D eigenvalue weighted by Crippen LogP contribution is -2.46. The standard InChI is InChI=1S/C25H33N5O3S/c1-3-5-9-22(27-24-21-8-6-7-10-23(21)34(32,33)28-24)25(31)26-19-11-13-20(14-12-19)30-17-15-29(4-2)16-18-30/h6-8,10-14,22H,3-5,9,15-18H2,1-2H3,(H,26,31)(H,27,28). The first-order valence-corrected chi connectivity index (χ1v) is 13.5. The summed E-state index contributed by atoms with van der Waals surface area (Å²) >= 11 is 0. The number of unbranched alkanes of at least 4 members (excludes halogenated alkanes) is 1. The van der Waals surface area contributed by atoms with E-state index in [9.17, 15) is 13.2 Å². The Bertz CT molecular complexity index is 1140. The molecular weight excluding hydrogens is 450 g/mol. The molecule has 182 valence electrons. The van der Waals surface area contributed by atoms with Crippen LogP contribution in [0.5, 0.6) is 0 Å². The molecule has 1 fully saturated rings. The third-order valence-corrected chi connectivity index (χ3v) is 7.80. The van der Waals surface area contributed by atoms with Gasteiger partial charge in [-0.2, -0.15) is 0 Å². The highest BCUT2D eigenvalue weighted by molar-refractivity contribution is 7.90. The van der Waals surface area contributed by atoms with Crippen LogP contribution in [0.25, 0.3) is 0 Å². The molecule has 2 aromatic rings. The van der Waals surface area contributed by atoms with Crippen molar-refractivity contribution in [1.29, 1.82) is 0 Å². The van der Waals surface area contributed by atoms with Crippen molar-refractivity contribution in [2.24, 2.45) is 4.99 Å². The molecule has 34 heavy (non-hydrogen) atoms. The first-order chi connectivity index (χ1) is 16.4. The fourth-order valence-electron chi connectivity index (χ4n) is 4.34. The lowest BCUT2D eigenvalue weighted by molar-refractivity contribution is -0.117. The Morgan fingerprint density at radius 3 is 2.44 bits per heavy atom. The summed E-state index contributed by atoms with van der Waals surface area (Å²) in [6.45, 7) is 9.42. The largest absolute Gasteiger partial charge is 0.369 e. The zero-order chi connectivity index (χ0) is 24.1. The van der Waals surface area contributed by atoms with Crippen molar-refractivity contribution in [2.45, 2.75) is 44.0 Å². The number of fused-ring (bicyclic) bond motifs is 1. The number of rotatable bonds is 8. The van der Waals surface area contributed by atoms with Crippen LogP contribution < -0.4 is 14.9 Å². The second kappa shape index (κ2) is 10.6. The van der Waals surface area contributed by atoms with Crippen LogP contribution in [0.2, 0.25) is 0 Å². The molecule has 0 bridgehead atoms. The van der Waals surface area contributed by atoms with E-state index in [2.05, 4.69) is 38.7 Å². The van der Waals surface area contributed by atoms with Gasteiger partial charge in [0.1, 0.15) is 11.9 Å². The highest BCUT2D eigenvalue weighted by Gasteiger charge is 2.31. The zero-order valence-corrected chi connectivity index (χ0v) is 20.6. The van der Waals surface area contributed by atoms with E-state index in [0.717, 1.165) is 51.3 Å². The number of nitrogens with zero attached hydrogens (tertiary/aromatic N) is 3. The molecular formula is C25H33N5O3S. The first-order valence-electron chi connectivity index (χ1n) is 12.0. The molecule has 1 saturated heterocycles. The Balaban J connectivity index is 1.47. The molecule has 0 radical (unpaired) electrons. The second-order valence-corrected chi connectivity index (χ2v) is 10.3. The van der Waals surface area contributed by atoms with Crippen LogP contribution >= 0.6 is 0 Å². The quantitative estimate of drug-likeness (QED) is 0.602. The summed E-state index contributed by atoms with van der Waals surface area (Å²) in [4.78, 5) is 22.7. The minimum Gasteiger partial charge on any atom is -0.369 e. The van der Waals surface area contributed by atoms with E-state index >= 15 is 0 Å². The van der Waals surface area contributed by atoms with Crippen LogP contribution in [-0.4, -0.2) is 63.8 Å². The molecule has 1 unspecified atom stereocenters. The molecule has 2 aliphatic heterocycles. The number of benzene rings is 2. The molecule has 8 nitrogen and oxygen atoms in total. The van der Waals surface area contributed by atoms with E-state index in [-0.39, 0.29) is 16.6 Å². The summed E-state index contributed by atoms with van der Waals surface area (Å²) < 4.78 is 27.3. The molecule has 1 amide bonds. The van der Waals surface area contributed by atoms with Gasteiger partial charge in [0.2, 0.25) is 5.91 Å². The molecule has 2 aromatic carbocycles. The molecule has 4 rings (SSSR count). The van der Waals surface area contributed by atoms with Gasteiger partial charge in [-0.3, -0.25) is 14.5 Å². The van der Waals surface area contributed by atoms with E-state index in [4.69, 9.17) is 0 Å². The summed E-state index contributed by atoms with van der Waals surface area (Å²) in [5.74, 6) is -0.0118. The number of amidine groups is 1. The maximum absolute atomic E-state index is 13.1. The summed E-state index contributed by atoms with van der Waals surface area (Å²) in [5, 5.41) is 2.97. The minimum atomic E-state index is -3.65. The monoisotopic (exact) mass is 483 g/mol. The van der Waals surface area contributed by atoms with Crippen LogP contribution in [0.3, 0.4) is 0 Å². The zero-order valence-electron chi connectivity index (χ0n) is 19.8. The molecule has 2 heterocycles. The van der Waals surface area contributed by atoms with E-state index < -0.39 is 16.1 Å². The predicted octanol–water partition coefficient (Wildman–Crippen LogP) is 3.06. The van der Waals surface area contributed by atoms with Gasteiger partial charge >= 0.3 is 0 Å². The highest BCUT2D eigenvalue weighted by Crippen LogP contribution is 2.24. The fraction of sp³-hybridized carbons (Fsp3) is 0.440. The first kappa shape index (κ1) is 24.2. The van der Waals surface area contributed by atoms with E-state index in [1.54, 1.807) is 24.3 Å². The maximum atomic E-state index is 13.1. The number of likely N-dealkylation sites (N-methyl/N-ethyl adjacent to an activating group) is 1. The van der Waals surface area contributed by atoms with Crippen molar-refractivity contribution in [2.75, 3.05) is 42.9 Å². The van der Waals surface area contributed by atoms with Gasteiger partial charge in [0.15, 0.2) is 0 Å². The number of anilines is 2. The number of carbonyl (C=O) groups is 1. The summed E-state index contributed by atoms with van der Waals surface area (Å²) in [5.41, 5.74) is 2.35. The minimum absolute atomic E-state index is 0.193. The van der Waals surface area contributed by atoms with Crippen molar-refractivity contribution in [1.82, 2.24) is 9.62 Å². The van der Waals surface area contributed by atoms with Gasteiger partial charge < -0.3 is 15.1 Å². The SMILES string of the molecule is CCCCC(N=C1NS(=O)(=O)c2ccccc21)C(=O)Nc1ccc(N2CCN(CC)CC2)cc1. The van der Waals surface area contributed by atoms with Gasteiger partial charge in [0.05, 0.1) is 4.90 Å². The number of hydrogen-bond donors (Lipinski definition) is 2. The van der Waals surface area contributed by atoms with Crippen LogP contribution in [0, 0.1) is 0 Å². The second-order valence-electron chi connectivity index (χ2n) is 8.69. The predicted molar refractivity (Wildman–Crippen MR) is 136 cm³/mol. The van der Waals surface area contributed by atoms with Crippen molar-refractivity contribution in [3.8, 4) is 0 Å². The van der Waals surface area contributed by atoms with Crippen LogP contribution in [0.1, 0.15) is 38.7 Å². The van der Waals surface area contributed by atoms with Crippen molar-refractivity contribution in [3.05, 3.63) is 54.1 Å². The fourth-order valence-corrected chi connectivity index (χ4v) is 5.58. The Kier molecular flexibility index (Phi) is 7.53. The number of carbonyl (C=O) groups excluding carboxylic acids is 1. The van der Waals surface area contributed by atoms with Gasteiger partial charge in [-0.05, 0) is 49.4 Å². The van der Waals surface area contributed by atoms with Gasteiger partial charge in [-0.1, -0.05) is 38.8 Å². The molecule has 0 aliphatic carbocycles. The van der Waals surface area contributed by atoms with Crippen molar-refractivity contribution in [3.63, 3.8) is 0 Å². The van der Waals surface area contributed by atoms with Crippen LogP contribution in [-0.2, 0) is 14.8 Å². The van der Waals surface area contributed by atoms with Crippen LogP contribution in [0.15, 0.2) is 58.4 Å². The molecule has 0 aromatic heterocycles. The maximum Gasteiger partial charge on any atom is 0.263 e. The Labute approximate surface area is 202 Å². The Hall–Kier alpha value is -2.91. The number of nitrogens with one attached hydrogen (secondary N) is 2. The molecule has 1 atom stereocenters. The molecule has 0 saturated carbocycles. The van der Waals surface area contributed by atoms with Gasteiger partial charge in [-0.15, -0.1) is 0 Å². The number of aliphatic imine (C=N–C) groups is 1. The average Bonchev–Trinajstić information content (AvgIpc) is 3.12. The van der Waals surface area contributed by atoms with Gasteiger partial charge in [0.25, 0.3) is 10.0 Å². The molecule has 2 aliphatic rings. The molecule has 0 spiro atoms. The van der Waals surface area contributed by atoms with Gasteiger partial charge in [-0.25, -0.2) is 8.42 Å². The normalized spacial score (nSPS) is 19.5. The Morgan fingerprint density at radius 2 is 1.76 bits per heavy atom. The summed E-state index contributed by atoms with van der Waals surface area (Å²) in [6.07, 6.45) is 2.26. The lowest BCUT2D eigenvalue weighted by atomic mass is 10.1. The number of sulfonamides is 1. The smallest absolute Gasteiger partial charge is 0.263 e. The average molecular weight is 484 g/mol. The number of amides is 1. The summed E-state index contributed by atoms with van der Waals surface area (Å²) in [6, 6.07) is 13.9. The highest BCUT2D eigenvalue weighted by atomic mass is 32.2. The third kappa shape index (κ3) is 5.42. The lowest BCUT2D eigenvalue weighted by Gasteiger charge is -2.35. The van der Waals surface area contributed by atoms with E-state index in [1.807, 2.05) is 24.3 Å². The molecule has 9 heteroatoms. The summed E-state index contributed by atoms with van der Waals surface area (Å²) in [7, 11) is -3.65. The number of piperazine rings is 1. The third-order valence-electron chi connectivity index (χ3n) is 6.40. The van der Waals surface area contributed by atoms with Crippen molar-refractivity contribution < 1.29 is 13.2 Å². The Morgan fingerprint density at radius 1 is 1.06 bits per heavy atom. The van der Waals surface area contributed by atoms with E-state index in [0.29, 0.717) is 17.7 Å².